The topological polar surface area (TPSA) is 24.5 Å². The average Bonchev–Trinajstić information content (AvgIpc) is 2.53. The Bertz CT molecular complexity index is 415. The Kier molecular flexibility index (Phi) is 6.52. The van der Waals surface area contributed by atoms with Crippen molar-refractivity contribution in [3.05, 3.63) is 29.8 Å². The number of piperidine rings is 1. The van der Waals surface area contributed by atoms with E-state index in [0.717, 1.165) is 12.3 Å². The zero-order valence-electron chi connectivity index (χ0n) is 13.8. The first kappa shape index (κ1) is 16.3. The normalized spacial score (nSPS) is 19.2. The Balaban J connectivity index is 1.75. The number of nitrogens with one attached hydrogen (secondary N) is 1. The molecule has 1 aromatic carbocycles. The molecule has 21 heavy (non-hydrogen) atoms. The number of rotatable bonds is 7. The third-order valence-electron chi connectivity index (χ3n) is 4.38. The van der Waals surface area contributed by atoms with Crippen molar-refractivity contribution in [1.29, 1.82) is 0 Å². The fourth-order valence-corrected chi connectivity index (χ4v) is 3.05. The van der Waals surface area contributed by atoms with Crippen LogP contribution in [0.3, 0.4) is 0 Å². The maximum absolute atomic E-state index is 5.30. The second-order valence-corrected chi connectivity index (χ2v) is 6.37. The van der Waals surface area contributed by atoms with Crippen LogP contribution in [-0.2, 0) is 0 Å². The van der Waals surface area contributed by atoms with Crippen LogP contribution >= 0.6 is 0 Å². The number of methoxy groups -OCH3 is 1. The van der Waals surface area contributed by atoms with Gasteiger partial charge >= 0.3 is 0 Å². The zero-order valence-corrected chi connectivity index (χ0v) is 13.8. The van der Waals surface area contributed by atoms with E-state index in [4.69, 9.17) is 4.74 Å². The summed E-state index contributed by atoms with van der Waals surface area (Å²) in [4.78, 5) is 2.62. The molecule has 0 radical (unpaired) electrons. The third kappa shape index (κ3) is 5.33. The molecule has 3 heteroatoms. The maximum atomic E-state index is 5.30. The summed E-state index contributed by atoms with van der Waals surface area (Å²) in [6.45, 7) is 9.43. The van der Waals surface area contributed by atoms with Crippen molar-refractivity contribution < 1.29 is 4.74 Å². The molecule has 1 aromatic rings. The van der Waals surface area contributed by atoms with Gasteiger partial charge in [-0.3, -0.25) is 0 Å². The summed E-state index contributed by atoms with van der Waals surface area (Å²) in [6.07, 6.45) is 4.16. The standard InChI is InChI=1S/C18H30N2O/c1-15(14-20-10-5-4-6-11-20)13-19-16(2)17-8-7-9-18(12-17)21-3/h7-9,12,15-16,19H,4-6,10-11,13-14H2,1-3H3. The lowest BCUT2D eigenvalue weighted by molar-refractivity contribution is 0.197. The van der Waals surface area contributed by atoms with Crippen LogP contribution in [0.2, 0.25) is 0 Å². The molecule has 0 spiro atoms. The van der Waals surface area contributed by atoms with E-state index in [2.05, 4.69) is 42.3 Å². The van der Waals surface area contributed by atoms with E-state index in [9.17, 15) is 0 Å². The van der Waals surface area contributed by atoms with Gasteiger partial charge in [-0.15, -0.1) is 0 Å². The number of nitrogens with zero attached hydrogens (tertiary/aromatic N) is 1. The maximum Gasteiger partial charge on any atom is 0.119 e. The highest BCUT2D eigenvalue weighted by Gasteiger charge is 2.14. The van der Waals surface area contributed by atoms with Gasteiger partial charge in [0, 0.05) is 12.6 Å². The van der Waals surface area contributed by atoms with Gasteiger partial charge in [0.05, 0.1) is 7.11 Å². The van der Waals surface area contributed by atoms with Gasteiger partial charge in [0.1, 0.15) is 5.75 Å². The molecule has 3 nitrogen and oxygen atoms in total. The highest BCUT2D eigenvalue weighted by atomic mass is 16.5. The van der Waals surface area contributed by atoms with Crippen molar-refractivity contribution in [2.75, 3.05) is 33.3 Å². The van der Waals surface area contributed by atoms with E-state index in [-0.39, 0.29) is 0 Å². The molecule has 1 aliphatic rings. The van der Waals surface area contributed by atoms with E-state index in [1.807, 2.05) is 6.07 Å². The molecule has 0 aliphatic carbocycles. The van der Waals surface area contributed by atoms with Gasteiger partial charge in [0.15, 0.2) is 0 Å². The van der Waals surface area contributed by atoms with Crippen LogP contribution in [-0.4, -0.2) is 38.2 Å². The minimum atomic E-state index is 0.365. The molecule has 2 atom stereocenters. The molecule has 0 saturated carbocycles. The lowest BCUT2D eigenvalue weighted by atomic mass is 10.1. The van der Waals surface area contributed by atoms with Crippen LogP contribution in [0.4, 0.5) is 0 Å². The van der Waals surface area contributed by atoms with E-state index in [1.54, 1.807) is 7.11 Å². The number of ether oxygens (including phenoxy) is 1. The van der Waals surface area contributed by atoms with E-state index in [0.29, 0.717) is 12.0 Å². The summed E-state index contributed by atoms with van der Waals surface area (Å²) in [6, 6.07) is 8.70. The third-order valence-corrected chi connectivity index (χ3v) is 4.38. The number of hydrogen-bond donors (Lipinski definition) is 1. The number of benzene rings is 1. The van der Waals surface area contributed by atoms with Crippen molar-refractivity contribution in [1.82, 2.24) is 10.2 Å². The fraction of sp³-hybridized carbons (Fsp3) is 0.667. The summed E-state index contributed by atoms with van der Waals surface area (Å²) >= 11 is 0. The van der Waals surface area contributed by atoms with Gasteiger partial charge in [-0.05, 0) is 63.0 Å². The molecule has 1 heterocycles. The summed E-state index contributed by atoms with van der Waals surface area (Å²) in [5.41, 5.74) is 1.29. The first-order valence-electron chi connectivity index (χ1n) is 8.28. The van der Waals surface area contributed by atoms with Crippen molar-refractivity contribution in [3.63, 3.8) is 0 Å². The van der Waals surface area contributed by atoms with Gasteiger partial charge < -0.3 is 15.0 Å². The van der Waals surface area contributed by atoms with Crippen LogP contribution in [0.1, 0.15) is 44.7 Å². The first-order chi connectivity index (χ1) is 10.2. The molecule has 2 rings (SSSR count). The molecule has 1 N–H and O–H groups in total. The largest absolute Gasteiger partial charge is 0.497 e. The Morgan fingerprint density at radius 1 is 1.19 bits per heavy atom. The van der Waals surface area contributed by atoms with Crippen LogP contribution in [0.25, 0.3) is 0 Å². The molecule has 0 aromatic heterocycles. The van der Waals surface area contributed by atoms with Crippen LogP contribution in [0.5, 0.6) is 5.75 Å². The highest BCUT2D eigenvalue weighted by Crippen LogP contribution is 2.19. The van der Waals surface area contributed by atoms with Crippen LogP contribution in [0, 0.1) is 5.92 Å². The average molecular weight is 290 g/mol. The molecule has 1 fully saturated rings. The van der Waals surface area contributed by atoms with Gasteiger partial charge in [-0.25, -0.2) is 0 Å². The van der Waals surface area contributed by atoms with Crippen molar-refractivity contribution in [2.24, 2.45) is 5.92 Å². The quantitative estimate of drug-likeness (QED) is 0.832. The predicted octanol–water partition coefficient (Wildman–Crippen LogP) is 3.47. The fourth-order valence-electron chi connectivity index (χ4n) is 3.05. The molecular weight excluding hydrogens is 260 g/mol. The van der Waals surface area contributed by atoms with Gasteiger partial charge in [-0.1, -0.05) is 25.5 Å². The second kappa shape index (κ2) is 8.40. The van der Waals surface area contributed by atoms with Gasteiger partial charge in [0.25, 0.3) is 0 Å². The molecule has 1 aliphatic heterocycles. The summed E-state index contributed by atoms with van der Waals surface area (Å²) < 4.78 is 5.30. The molecular formula is C18H30N2O. The Labute approximate surface area is 129 Å². The molecule has 0 bridgehead atoms. The van der Waals surface area contributed by atoms with Crippen LogP contribution in [0.15, 0.2) is 24.3 Å². The predicted molar refractivity (Wildman–Crippen MR) is 88.9 cm³/mol. The minimum Gasteiger partial charge on any atom is -0.497 e. The van der Waals surface area contributed by atoms with Crippen molar-refractivity contribution in [3.8, 4) is 5.75 Å². The monoisotopic (exact) mass is 290 g/mol. The number of likely N-dealkylation sites (tertiary alicyclic amines) is 1. The summed E-state index contributed by atoms with van der Waals surface area (Å²) in [5.74, 6) is 1.62. The van der Waals surface area contributed by atoms with Crippen molar-refractivity contribution >= 4 is 0 Å². The number of hydrogen-bond acceptors (Lipinski definition) is 3. The van der Waals surface area contributed by atoms with Crippen molar-refractivity contribution in [2.45, 2.75) is 39.2 Å². The molecule has 2 unspecified atom stereocenters. The molecule has 0 amide bonds. The summed E-state index contributed by atoms with van der Waals surface area (Å²) in [5, 5.41) is 3.66. The molecule has 118 valence electrons. The van der Waals surface area contributed by atoms with E-state index >= 15 is 0 Å². The zero-order chi connectivity index (χ0) is 15.1. The van der Waals surface area contributed by atoms with Gasteiger partial charge in [-0.2, -0.15) is 0 Å². The smallest absolute Gasteiger partial charge is 0.119 e. The SMILES string of the molecule is COc1cccc(C(C)NCC(C)CN2CCCCC2)c1. The van der Waals surface area contributed by atoms with Crippen LogP contribution < -0.4 is 10.1 Å². The van der Waals surface area contributed by atoms with E-state index in [1.165, 1.54) is 44.5 Å². The first-order valence-corrected chi connectivity index (χ1v) is 8.28. The van der Waals surface area contributed by atoms with Gasteiger partial charge in [0.2, 0.25) is 0 Å². The Morgan fingerprint density at radius 3 is 2.67 bits per heavy atom. The lowest BCUT2D eigenvalue weighted by Crippen LogP contribution is -2.37. The summed E-state index contributed by atoms with van der Waals surface area (Å²) in [7, 11) is 1.72. The molecule has 1 saturated heterocycles. The Morgan fingerprint density at radius 2 is 1.95 bits per heavy atom. The second-order valence-electron chi connectivity index (χ2n) is 6.37. The van der Waals surface area contributed by atoms with E-state index < -0.39 is 0 Å². The minimum absolute atomic E-state index is 0.365. The lowest BCUT2D eigenvalue weighted by Gasteiger charge is -2.29. The highest BCUT2D eigenvalue weighted by molar-refractivity contribution is 5.30. The Hall–Kier alpha value is -1.06.